The lowest BCUT2D eigenvalue weighted by Gasteiger charge is -2.10. The number of halogens is 1. The fourth-order valence-corrected chi connectivity index (χ4v) is 2.85. The van der Waals surface area contributed by atoms with Crippen molar-refractivity contribution >= 4 is 11.6 Å². The Morgan fingerprint density at radius 2 is 1.52 bits per heavy atom. The van der Waals surface area contributed by atoms with Gasteiger partial charge in [0.05, 0.1) is 11.6 Å². The molecule has 2 aromatic carbocycles. The number of unbranched alkanes of at least 4 members (excludes halogenated alkanes) is 4. The number of aryl methyl sites for hydroxylation is 1. The zero-order valence-corrected chi connectivity index (χ0v) is 15.0. The third-order valence-electron chi connectivity index (χ3n) is 4.13. The quantitative estimate of drug-likeness (QED) is 0.453. The topological polar surface area (TPSA) is 9.23 Å². The first kappa shape index (κ1) is 17.9. The Labute approximate surface area is 145 Å². The maximum absolute atomic E-state index is 6.38. The van der Waals surface area contributed by atoms with E-state index < -0.39 is 0 Å². The molecule has 0 N–H and O–H groups in total. The van der Waals surface area contributed by atoms with E-state index in [0.29, 0.717) is 5.02 Å². The van der Waals surface area contributed by atoms with Crippen molar-refractivity contribution in [3.63, 3.8) is 0 Å². The molecule has 0 atom stereocenters. The molecule has 0 aliphatic heterocycles. The molecule has 0 saturated carbocycles. The highest BCUT2D eigenvalue weighted by Gasteiger charge is 2.05. The second-order valence-electron chi connectivity index (χ2n) is 5.96. The lowest BCUT2D eigenvalue weighted by Crippen LogP contribution is -1.98. The van der Waals surface area contributed by atoms with Crippen LogP contribution in [0.2, 0.25) is 5.02 Å². The van der Waals surface area contributed by atoms with Gasteiger partial charge in [-0.2, -0.15) is 0 Å². The van der Waals surface area contributed by atoms with Gasteiger partial charge < -0.3 is 4.74 Å². The van der Waals surface area contributed by atoms with Crippen molar-refractivity contribution in [1.29, 1.82) is 0 Å². The van der Waals surface area contributed by atoms with Gasteiger partial charge in [0.15, 0.2) is 0 Å². The Morgan fingerprint density at radius 1 is 0.826 bits per heavy atom. The molecule has 0 aliphatic carbocycles. The summed E-state index contributed by atoms with van der Waals surface area (Å²) in [5, 5.41) is 0.690. The first-order valence-electron chi connectivity index (χ1n) is 8.76. The molecule has 2 heteroatoms. The Kier molecular flexibility index (Phi) is 7.48. The predicted molar refractivity (Wildman–Crippen MR) is 101 cm³/mol. The van der Waals surface area contributed by atoms with Crippen LogP contribution in [0.3, 0.4) is 0 Å². The Bertz CT molecular complexity index is 589. The minimum Gasteiger partial charge on any atom is -0.492 e. The number of ether oxygens (including phenoxy) is 1. The molecule has 0 unspecified atom stereocenters. The lowest BCUT2D eigenvalue weighted by atomic mass is 10.0. The molecule has 0 saturated heterocycles. The van der Waals surface area contributed by atoms with E-state index in [1.165, 1.54) is 36.8 Å². The SMILES string of the molecule is CCCCCCCOc1ccc(-c2ccc(CC)cc2)cc1Cl. The van der Waals surface area contributed by atoms with Gasteiger partial charge in [-0.05, 0) is 41.7 Å². The second-order valence-corrected chi connectivity index (χ2v) is 6.37. The van der Waals surface area contributed by atoms with Crippen molar-refractivity contribution in [2.75, 3.05) is 6.61 Å². The molecule has 1 nitrogen and oxygen atoms in total. The molecule has 0 aliphatic rings. The first-order valence-corrected chi connectivity index (χ1v) is 9.14. The highest BCUT2D eigenvalue weighted by Crippen LogP contribution is 2.30. The fraction of sp³-hybridized carbons (Fsp3) is 0.429. The second kappa shape index (κ2) is 9.62. The summed E-state index contributed by atoms with van der Waals surface area (Å²) in [6.45, 7) is 5.14. The molecule has 0 radical (unpaired) electrons. The van der Waals surface area contributed by atoms with Crippen LogP contribution in [-0.2, 0) is 6.42 Å². The average Bonchev–Trinajstić information content (AvgIpc) is 2.59. The molecular formula is C21H27ClO. The normalized spacial score (nSPS) is 10.7. The van der Waals surface area contributed by atoms with Gasteiger partial charge in [-0.25, -0.2) is 0 Å². The molecule has 124 valence electrons. The van der Waals surface area contributed by atoms with E-state index >= 15 is 0 Å². The Balaban J connectivity index is 1.92. The number of rotatable bonds is 9. The monoisotopic (exact) mass is 330 g/mol. The van der Waals surface area contributed by atoms with E-state index in [1.807, 2.05) is 12.1 Å². The largest absolute Gasteiger partial charge is 0.492 e. The van der Waals surface area contributed by atoms with E-state index in [2.05, 4.69) is 44.2 Å². The van der Waals surface area contributed by atoms with E-state index in [4.69, 9.17) is 16.3 Å². The Hall–Kier alpha value is -1.47. The maximum atomic E-state index is 6.38. The van der Waals surface area contributed by atoms with E-state index in [0.717, 1.165) is 30.8 Å². The summed E-state index contributed by atoms with van der Waals surface area (Å²) in [5.41, 5.74) is 3.67. The van der Waals surface area contributed by atoms with Gasteiger partial charge in [-0.3, -0.25) is 0 Å². The van der Waals surface area contributed by atoms with Crippen LogP contribution in [0.1, 0.15) is 51.5 Å². The Morgan fingerprint density at radius 3 is 2.17 bits per heavy atom. The van der Waals surface area contributed by atoms with Crippen LogP contribution in [0.4, 0.5) is 0 Å². The van der Waals surface area contributed by atoms with Crippen molar-refractivity contribution in [2.45, 2.75) is 52.4 Å². The number of hydrogen-bond donors (Lipinski definition) is 0. The van der Waals surface area contributed by atoms with Crippen LogP contribution in [0.25, 0.3) is 11.1 Å². The molecule has 0 bridgehead atoms. The predicted octanol–water partition coefficient (Wildman–Crippen LogP) is 6.92. The van der Waals surface area contributed by atoms with E-state index in [9.17, 15) is 0 Å². The zero-order valence-electron chi connectivity index (χ0n) is 14.3. The van der Waals surface area contributed by atoms with Crippen molar-refractivity contribution in [3.8, 4) is 16.9 Å². The maximum Gasteiger partial charge on any atom is 0.137 e. The zero-order chi connectivity index (χ0) is 16.5. The number of benzene rings is 2. The number of hydrogen-bond acceptors (Lipinski definition) is 1. The van der Waals surface area contributed by atoms with Gasteiger partial charge in [0.2, 0.25) is 0 Å². The van der Waals surface area contributed by atoms with Crippen LogP contribution in [0.5, 0.6) is 5.75 Å². The third-order valence-corrected chi connectivity index (χ3v) is 4.43. The molecule has 2 aromatic rings. The van der Waals surface area contributed by atoms with Crippen LogP contribution < -0.4 is 4.74 Å². The molecule has 0 spiro atoms. The first-order chi connectivity index (χ1) is 11.2. The van der Waals surface area contributed by atoms with Gasteiger partial charge >= 0.3 is 0 Å². The van der Waals surface area contributed by atoms with Crippen molar-refractivity contribution in [1.82, 2.24) is 0 Å². The molecule has 0 fully saturated rings. The summed E-state index contributed by atoms with van der Waals surface area (Å²) in [4.78, 5) is 0. The third kappa shape index (κ3) is 5.58. The van der Waals surface area contributed by atoms with E-state index in [1.54, 1.807) is 0 Å². The summed E-state index contributed by atoms with van der Waals surface area (Å²) in [6.07, 6.45) is 7.26. The smallest absolute Gasteiger partial charge is 0.137 e. The molecule has 23 heavy (non-hydrogen) atoms. The van der Waals surface area contributed by atoms with Crippen molar-refractivity contribution in [3.05, 3.63) is 53.1 Å². The van der Waals surface area contributed by atoms with Gasteiger partial charge in [0.25, 0.3) is 0 Å². The highest BCUT2D eigenvalue weighted by atomic mass is 35.5. The van der Waals surface area contributed by atoms with Gasteiger partial charge in [0, 0.05) is 0 Å². The lowest BCUT2D eigenvalue weighted by molar-refractivity contribution is 0.305. The molecule has 0 amide bonds. The van der Waals surface area contributed by atoms with Crippen molar-refractivity contribution < 1.29 is 4.74 Å². The summed E-state index contributed by atoms with van der Waals surface area (Å²) < 4.78 is 5.81. The van der Waals surface area contributed by atoms with Crippen LogP contribution in [0, 0.1) is 0 Å². The standard InChI is InChI=1S/C21H27ClO/c1-3-5-6-7-8-15-23-21-14-13-19(16-20(21)22)18-11-9-17(4-2)10-12-18/h9-14,16H,3-8,15H2,1-2H3. The minimum atomic E-state index is 0.690. The van der Waals surface area contributed by atoms with Crippen molar-refractivity contribution in [2.24, 2.45) is 0 Å². The average molecular weight is 331 g/mol. The van der Waals surface area contributed by atoms with Gasteiger partial charge in [0.1, 0.15) is 5.75 Å². The molecule has 2 rings (SSSR count). The van der Waals surface area contributed by atoms with Crippen LogP contribution in [-0.4, -0.2) is 6.61 Å². The summed E-state index contributed by atoms with van der Waals surface area (Å²) in [7, 11) is 0. The summed E-state index contributed by atoms with van der Waals surface area (Å²) in [5.74, 6) is 0.788. The summed E-state index contributed by atoms with van der Waals surface area (Å²) in [6, 6.07) is 14.7. The fourth-order valence-electron chi connectivity index (χ4n) is 2.62. The van der Waals surface area contributed by atoms with Crippen LogP contribution in [0.15, 0.2) is 42.5 Å². The molecule has 0 aromatic heterocycles. The summed E-state index contributed by atoms with van der Waals surface area (Å²) >= 11 is 6.38. The van der Waals surface area contributed by atoms with E-state index in [-0.39, 0.29) is 0 Å². The molecular weight excluding hydrogens is 304 g/mol. The minimum absolute atomic E-state index is 0.690. The van der Waals surface area contributed by atoms with Gasteiger partial charge in [-0.15, -0.1) is 0 Å². The highest BCUT2D eigenvalue weighted by molar-refractivity contribution is 6.32. The van der Waals surface area contributed by atoms with Crippen LogP contribution >= 0.6 is 11.6 Å². The van der Waals surface area contributed by atoms with Gasteiger partial charge in [-0.1, -0.05) is 81.5 Å². The molecule has 0 heterocycles.